The zero-order valence-corrected chi connectivity index (χ0v) is 10.8. The molecule has 0 aromatic heterocycles. The highest BCUT2D eigenvalue weighted by atomic mass is 16.7. The number of hydrogen-bond donors (Lipinski definition) is 2. The van der Waals surface area contributed by atoms with E-state index in [1.807, 2.05) is 13.8 Å². The third-order valence-electron chi connectivity index (χ3n) is 2.00. The van der Waals surface area contributed by atoms with Crippen molar-refractivity contribution >= 4 is 11.9 Å². The van der Waals surface area contributed by atoms with Crippen molar-refractivity contribution in [1.82, 2.24) is 5.32 Å². The number of rotatable bonds is 10. The lowest BCUT2D eigenvalue weighted by molar-refractivity contribution is -0.140. The second kappa shape index (κ2) is 10.7. The monoisotopic (exact) mass is 259 g/mol. The van der Waals surface area contributed by atoms with E-state index in [2.05, 4.69) is 5.32 Å². The van der Waals surface area contributed by atoms with E-state index in [0.717, 1.165) is 12.2 Å². The first kappa shape index (κ1) is 16.6. The van der Waals surface area contributed by atoms with Gasteiger partial charge in [0.1, 0.15) is 0 Å². The Labute approximate surface area is 107 Å². The summed E-state index contributed by atoms with van der Waals surface area (Å²) >= 11 is 0. The lowest BCUT2D eigenvalue weighted by atomic mass is 10.3. The third kappa shape index (κ3) is 9.80. The summed E-state index contributed by atoms with van der Waals surface area (Å²) in [5, 5.41) is 10.9. The standard InChI is InChI=1S/C12H21NO5/c1-3-17-12(18-4-2)6-5-9-13-10(14)7-8-11(15)16/h7-8,12H,3-6,9H2,1-2H3,(H,13,14)(H,15,16)/b8-7-. The van der Waals surface area contributed by atoms with Crippen molar-refractivity contribution in [1.29, 1.82) is 0 Å². The number of amides is 1. The zero-order valence-electron chi connectivity index (χ0n) is 10.8. The molecular formula is C12H21NO5. The van der Waals surface area contributed by atoms with Crippen LogP contribution in [0.25, 0.3) is 0 Å². The van der Waals surface area contributed by atoms with Gasteiger partial charge in [-0.3, -0.25) is 4.79 Å². The van der Waals surface area contributed by atoms with Crippen LogP contribution in [0.2, 0.25) is 0 Å². The molecule has 0 fully saturated rings. The average Bonchev–Trinajstić information content (AvgIpc) is 2.32. The third-order valence-corrected chi connectivity index (χ3v) is 2.00. The highest BCUT2D eigenvalue weighted by molar-refractivity contribution is 5.93. The van der Waals surface area contributed by atoms with Crippen molar-refractivity contribution in [2.45, 2.75) is 33.0 Å². The summed E-state index contributed by atoms with van der Waals surface area (Å²) in [4.78, 5) is 21.3. The lowest BCUT2D eigenvalue weighted by Gasteiger charge is -2.16. The molecule has 6 heteroatoms. The number of ether oxygens (including phenoxy) is 2. The van der Waals surface area contributed by atoms with E-state index in [1.165, 1.54) is 0 Å². The van der Waals surface area contributed by atoms with Crippen LogP contribution in [0.1, 0.15) is 26.7 Å². The molecule has 0 bridgehead atoms. The summed E-state index contributed by atoms with van der Waals surface area (Å²) < 4.78 is 10.7. The quantitative estimate of drug-likeness (QED) is 0.346. The van der Waals surface area contributed by atoms with Crippen LogP contribution in [-0.2, 0) is 19.1 Å². The van der Waals surface area contributed by atoms with Crippen molar-refractivity contribution in [3.05, 3.63) is 12.2 Å². The summed E-state index contributed by atoms with van der Waals surface area (Å²) in [5.74, 6) is -1.56. The topological polar surface area (TPSA) is 84.9 Å². The van der Waals surface area contributed by atoms with Crippen molar-refractivity contribution in [3.63, 3.8) is 0 Å². The molecule has 6 nitrogen and oxygen atoms in total. The minimum Gasteiger partial charge on any atom is -0.478 e. The fraction of sp³-hybridized carbons (Fsp3) is 0.667. The molecule has 0 atom stereocenters. The molecule has 0 spiro atoms. The van der Waals surface area contributed by atoms with Gasteiger partial charge in [-0.1, -0.05) is 0 Å². The fourth-order valence-corrected chi connectivity index (χ4v) is 1.27. The van der Waals surface area contributed by atoms with Gasteiger partial charge in [0.05, 0.1) is 0 Å². The molecule has 0 aliphatic heterocycles. The minimum atomic E-state index is -1.14. The summed E-state index contributed by atoms with van der Waals surface area (Å²) in [6, 6.07) is 0. The van der Waals surface area contributed by atoms with Crippen LogP contribution in [0.3, 0.4) is 0 Å². The Bertz CT molecular complexity index is 272. The number of carboxylic acid groups (broad SMARTS) is 1. The summed E-state index contributed by atoms with van der Waals surface area (Å²) in [5.41, 5.74) is 0. The number of hydrogen-bond acceptors (Lipinski definition) is 4. The van der Waals surface area contributed by atoms with E-state index < -0.39 is 11.9 Å². The molecule has 0 saturated heterocycles. The molecule has 0 saturated carbocycles. The first-order chi connectivity index (χ1) is 8.60. The molecule has 2 N–H and O–H groups in total. The van der Waals surface area contributed by atoms with Gasteiger partial charge in [0.25, 0.3) is 0 Å². The average molecular weight is 259 g/mol. The van der Waals surface area contributed by atoms with E-state index in [0.29, 0.717) is 32.6 Å². The Morgan fingerprint density at radius 1 is 1.22 bits per heavy atom. The first-order valence-corrected chi connectivity index (χ1v) is 6.02. The molecule has 18 heavy (non-hydrogen) atoms. The second-order valence-electron chi connectivity index (χ2n) is 3.45. The molecule has 0 aliphatic carbocycles. The fourth-order valence-electron chi connectivity index (χ4n) is 1.27. The Balaban J connectivity index is 3.70. The first-order valence-electron chi connectivity index (χ1n) is 6.02. The van der Waals surface area contributed by atoms with Crippen LogP contribution in [0.5, 0.6) is 0 Å². The maximum atomic E-state index is 11.1. The molecule has 0 unspecified atom stereocenters. The second-order valence-corrected chi connectivity index (χ2v) is 3.45. The molecule has 0 radical (unpaired) electrons. The van der Waals surface area contributed by atoms with Crippen molar-refractivity contribution in [2.24, 2.45) is 0 Å². The predicted octanol–water partition coefficient (Wildman–Crippen LogP) is 0.923. The lowest BCUT2D eigenvalue weighted by Crippen LogP contribution is -2.25. The molecule has 0 aliphatic rings. The molecule has 0 rings (SSSR count). The van der Waals surface area contributed by atoms with Gasteiger partial charge in [-0.25, -0.2) is 4.79 Å². The van der Waals surface area contributed by atoms with Crippen LogP contribution in [0.4, 0.5) is 0 Å². The predicted molar refractivity (Wildman–Crippen MR) is 66.1 cm³/mol. The van der Waals surface area contributed by atoms with Gasteiger partial charge < -0.3 is 19.9 Å². The largest absolute Gasteiger partial charge is 0.478 e. The molecule has 0 heterocycles. The van der Waals surface area contributed by atoms with Gasteiger partial charge in [-0.15, -0.1) is 0 Å². The summed E-state index contributed by atoms with van der Waals surface area (Å²) in [6.45, 7) is 5.41. The van der Waals surface area contributed by atoms with Gasteiger partial charge in [-0.2, -0.15) is 0 Å². The maximum Gasteiger partial charge on any atom is 0.328 e. The van der Waals surface area contributed by atoms with Gasteiger partial charge in [0.15, 0.2) is 6.29 Å². The summed E-state index contributed by atoms with van der Waals surface area (Å²) in [6.07, 6.45) is 2.94. The number of carbonyl (C=O) groups excluding carboxylic acids is 1. The Morgan fingerprint density at radius 3 is 2.33 bits per heavy atom. The maximum absolute atomic E-state index is 11.1. The van der Waals surface area contributed by atoms with E-state index in [-0.39, 0.29) is 6.29 Å². The van der Waals surface area contributed by atoms with Crippen LogP contribution in [0.15, 0.2) is 12.2 Å². The normalized spacial score (nSPS) is 11.1. The number of carboxylic acids is 1. The van der Waals surface area contributed by atoms with Crippen molar-refractivity contribution in [3.8, 4) is 0 Å². The van der Waals surface area contributed by atoms with Gasteiger partial charge in [0.2, 0.25) is 5.91 Å². The van der Waals surface area contributed by atoms with Crippen molar-refractivity contribution < 1.29 is 24.2 Å². The summed E-state index contributed by atoms with van der Waals surface area (Å²) in [7, 11) is 0. The molecule has 0 aromatic rings. The Hall–Kier alpha value is -1.40. The van der Waals surface area contributed by atoms with Gasteiger partial charge >= 0.3 is 5.97 Å². The van der Waals surface area contributed by atoms with Crippen LogP contribution in [-0.4, -0.2) is 43.0 Å². The Morgan fingerprint density at radius 2 is 1.83 bits per heavy atom. The highest BCUT2D eigenvalue weighted by Gasteiger charge is 2.07. The highest BCUT2D eigenvalue weighted by Crippen LogP contribution is 2.03. The molecule has 0 aromatic carbocycles. The van der Waals surface area contributed by atoms with E-state index >= 15 is 0 Å². The van der Waals surface area contributed by atoms with E-state index in [4.69, 9.17) is 14.6 Å². The Kier molecular flexibility index (Phi) is 9.90. The van der Waals surface area contributed by atoms with E-state index in [1.54, 1.807) is 0 Å². The molecular weight excluding hydrogens is 238 g/mol. The van der Waals surface area contributed by atoms with Crippen molar-refractivity contribution in [2.75, 3.05) is 19.8 Å². The SMILES string of the molecule is CCOC(CCCNC(=O)/C=C\C(=O)O)OCC. The molecule has 1 amide bonds. The number of aliphatic carboxylic acids is 1. The van der Waals surface area contributed by atoms with E-state index in [9.17, 15) is 9.59 Å². The van der Waals surface area contributed by atoms with Gasteiger partial charge in [-0.05, 0) is 20.3 Å². The van der Waals surface area contributed by atoms with Crippen LogP contribution in [0, 0.1) is 0 Å². The molecule has 104 valence electrons. The van der Waals surface area contributed by atoms with Crippen LogP contribution < -0.4 is 5.32 Å². The number of nitrogens with one attached hydrogen (secondary N) is 1. The van der Waals surface area contributed by atoms with Gasteiger partial charge in [0, 0.05) is 38.3 Å². The minimum absolute atomic E-state index is 0.244. The smallest absolute Gasteiger partial charge is 0.328 e. The zero-order chi connectivity index (χ0) is 13.8. The number of carbonyl (C=O) groups is 2. The van der Waals surface area contributed by atoms with Crippen LogP contribution >= 0.6 is 0 Å².